The summed E-state index contributed by atoms with van der Waals surface area (Å²) < 4.78 is 21.7. The lowest BCUT2D eigenvalue weighted by Gasteiger charge is -2.19. The van der Waals surface area contributed by atoms with Gasteiger partial charge in [-0.3, -0.25) is 4.79 Å². The van der Waals surface area contributed by atoms with Gasteiger partial charge in [0.25, 0.3) is 5.91 Å². The largest absolute Gasteiger partial charge is 0.482 e. The quantitative estimate of drug-likeness (QED) is 0.417. The second-order valence-corrected chi connectivity index (χ2v) is 9.22. The number of carbonyl (C=O) groups excluding carboxylic acids is 1. The van der Waals surface area contributed by atoms with Crippen LogP contribution >= 0.6 is 11.3 Å². The molecule has 1 N–H and O–H groups in total. The zero-order chi connectivity index (χ0) is 23.8. The predicted octanol–water partition coefficient (Wildman–Crippen LogP) is 5.51. The first-order valence-electron chi connectivity index (χ1n) is 11.4. The van der Waals surface area contributed by atoms with Crippen LogP contribution in [0.1, 0.15) is 24.0 Å². The van der Waals surface area contributed by atoms with Gasteiger partial charge in [-0.05, 0) is 55.2 Å². The minimum Gasteiger partial charge on any atom is -0.482 e. The van der Waals surface area contributed by atoms with Crippen LogP contribution in [-0.4, -0.2) is 22.9 Å². The fraction of sp³-hybridized carbons (Fsp3) is 0.148. The maximum atomic E-state index is 14.4. The standard InChI is InChI=1S/C27H21FN4O2S/c28-20-9-3-4-10-22(20)30-27-32(31-21-11-5-7-17-6-1-2-8-19(17)21)24(16-35-27)18-12-13-25-23(14-18)29-26(33)15-34-25/h1-4,6,8-10,12-14,16H,5,7,11,15H2,(H,29,33). The van der Waals surface area contributed by atoms with E-state index >= 15 is 0 Å². The molecule has 0 saturated carbocycles. The molecule has 174 valence electrons. The van der Waals surface area contributed by atoms with Crippen LogP contribution in [0.2, 0.25) is 0 Å². The summed E-state index contributed by atoms with van der Waals surface area (Å²) in [6, 6.07) is 20.4. The lowest BCUT2D eigenvalue weighted by molar-refractivity contribution is -0.118. The van der Waals surface area contributed by atoms with Gasteiger partial charge in [0.2, 0.25) is 4.80 Å². The lowest BCUT2D eigenvalue weighted by atomic mass is 9.90. The third-order valence-corrected chi connectivity index (χ3v) is 6.89. The van der Waals surface area contributed by atoms with Crippen LogP contribution in [0, 0.1) is 5.82 Å². The summed E-state index contributed by atoms with van der Waals surface area (Å²) >= 11 is 1.39. The SMILES string of the molecule is O=C1COc2ccc(-c3csc(=Nc4ccccc4F)n3N=C3CCCc4ccccc43)cc2N1. The highest BCUT2D eigenvalue weighted by Crippen LogP contribution is 2.33. The van der Waals surface area contributed by atoms with Gasteiger partial charge in [-0.2, -0.15) is 5.10 Å². The molecule has 2 aliphatic rings. The van der Waals surface area contributed by atoms with E-state index in [1.807, 2.05) is 35.7 Å². The van der Waals surface area contributed by atoms with E-state index in [0.717, 1.165) is 41.8 Å². The Hall–Kier alpha value is -4.04. The van der Waals surface area contributed by atoms with Crippen molar-refractivity contribution in [2.75, 3.05) is 11.9 Å². The summed E-state index contributed by atoms with van der Waals surface area (Å²) in [5.41, 5.74) is 5.88. The molecule has 0 unspecified atom stereocenters. The Labute approximate surface area is 205 Å². The van der Waals surface area contributed by atoms with Gasteiger partial charge in [-0.15, -0.1) is 11.3 Å². The van der Waals surface area contributed by atoms with Gasteiger partial charge in [-0.1, -0.05) is 36.4 Å². The summed E-state index contributed by atoms with van der Waals surface area (Å²) in [6.07, 6.45) is 2.87. The zero-order valence-electron chi connectivity index (χ0n) is 18.7. The molecule has 3 aromatic carbocycles. The van der Waals surface area contributed by atoms with Gasteiger partial charge in [0.1, 0.15) is 17.3 Å². The van der Waals surface area contributed by atoms with Gasteiger partial charge in [0, 0.05) is 16.5 Å². The highest BCUT2D eigenvalue weighted by molar-refractivity contribution is 7.07. The molecule has 1 aromatic heterocycles. The molecule has 6 nitrogen and oxygen atoms in total. The number of thiazole rings is 1. The molecule has 6 rings (SSSR count). The molecular weight excluding hydrogens is 463 g/mol. The van der Waals surface area contributed by atoms with Crippen molar-refractivity contribution in [3.63, 3.8) is 0 Å². The molecule has 8 heteroatoms. The van der Waals surface area contributed by atoms with Crippen LogP contribution in [-0.2, 0) is 11.2 Å². The molecule has 35 heavy (non-hydrogen) atoms. The molecule has 4 aromatic rings. The number of fused-ring (bicyclic) bond motifs is 2. The van der Waals surface area contributed by atoms with Crippen molar-refractivity contribution >= 4 is 34.3 Å². The lowest BCUT2D eigenvalue weighted by Crippen LogP contribution is -2.25. The summed E-state index contributed by atoms with van der Waals surface area (Å²) in [7, 11) is 0. The Balaban J connectivity index is 1.54. The molecular formula is C27H21FN4O2S. The predicted molar refractivity (Wildman–Crippen MR) is 135 cm³/mol. The average molecular weight is 485 g/mol. The second kappa shape index (κ2) is 8.96. The van der Waals surface area contributed by atoms with Crippen molar-refractivity contribution in [1.29, 1.82) is 0 Å². The van der Waals surface area contributed by atoms with Gasteiger partial charge < -0.3 is 10.1 Å². The topological polar surface area (TPSA) is 68.0 Å². The fourth-order valence-corrected chi connectivity index (χ4v) is 5.23. The van der Waals surface area contributed by atoms with E-state index in [0.29, 0.717) is 16.2 Å². The number of rotatable bonds is 3. The Morgan fingerprint density at radius 1 is 1.03 bits per heavy atom. The smallest absolute Gasteiger partial charge is 0.262 e. The Kier molecular flexibility index (Phi) is 5.50. The van der Waals surface area contributed by atoms with Gasteiger partial charge >= 0.3 is 0 Å². The number of carbonyl (C=O) groups is 1. The number of aromatic nitrogens is 1. The third kappa shape index (κ3) is 4.17. The third-order valence-electron chi connectivity index (χ3n) is 6.07. The van der Waals surface area contributed by atoms with Crippen LogP contribution in [0.15, 0.2) is 82.2 Å². The molecule has 0 bridgehead atoms. The Morgan fingerprint density at radius 2 is 1.89 bits per heavy atom. The molecule has 0 fully saturated rings. The number of ether oxygens (including phenoxy) is 1. The van der Waals surface area contributed by atoms with Crippen molar-refractivity contribution in [2.45, 2.75) is 19.3 Å². The highest BCUT2D eigenvalue weighted by atomic mass is 32.1. The Morgan fingerprint density at radius 3 is 2.80 bits per heavy atom. The highest BCUT2D eigenvalue weighted by Gasteiger charge is 2.20. The van der Waals surface area contributed by atoms with Crippen molar-refractivity contribution in [2.24, 2.45) is 10.1 Å². The fourth-order valence-electron chi connectivity index (χ4n) is 4.39. The van der Waals surface area contributed by atoms with Crippen molar-refractivity contribution in [1.82, 2.24) is 4.68 Å². The number of halogens is 1. The van der Waals surface area contributed by atoms with E-state index in [1.165, 1.54) is 23.0 Å². The molecule has 1 aliphatic carbocycles. The van der Waals surface area contributed by atoms with E-state index < -0.39 is 5.82 Å². The minimum absolute atomic E-state index is 0.00350. The van der Waals surface area contributed by atoms with Gasteiger partial charge in [0.15, 0.2) is 6.61 Å². The molecule has 0 atom stereocenters. The van der Waals surface area contributed by atoms with Crippen molar-refractivity contribution < 1.29 is 13.9 Å². The van der Waals surface area contributed by atoms with Gasteiger partial charge in [0.05, 0.1) is 17.1 Å². The monoisotopic (exact) mass is 484 g/mol. The first kappa shape index (κ1) is 21.5. The van der Waals surface area contributed by atoms with Crippen LogP contribution < -0.4 is 14.9 Å². The normalized spacial score (nSPS) is 16.4. The number of para-hydroxylation sites is 1. The molecule has 2 heterocycles. The zero-order valence-corrected chi connectivity index (χ0v) is 19.5. The van der Waals surface area contributed by atoms with E-state index in [1.54, 1.807) is 22.9 Å². The van der Waals surface area contributed by atoms with E-state index in [4.69, 9.17) is 9.84 Å². The molecule has 0 saturated heterocycles. The van der Waals surface area contributed by atoms with Crippen molar-refractivity contribution in [3.05, 3.63) is 93.9 Å². The number of benzene rings is 3. The van der Waals surface area contributed by atoms with Crippen LogP contribution in [0.25, 0.3) is 11.3 Å². The van der Waals surface area contributed by atoms with Crippen LogP contribution in [0.5, 0.6) is 5.75 Å². The first-order valence-corrected chi connectivity index (χ1v) is 12.3. The summed E-state index contributed by atoms with van der Waals surface area (Å²) in [6.45, 7) is 0.00350. The van der Waals surface area contributed by atoms with Crippen LogP contribution in [0.4, 0.5) is 15.8 Å². The molecule has 0 radical (unpaired) electrons. The van der Waals surface area contributed by atoms with E-state index in [9.17, 15) is 9.18 Å². The van der Waals surface area contributed by atoms with Crippen LogP contribution in [0.3, 0.4) is 0 Å². The summed E-state index contributed by atoms with van der Waals surface area (Å²) in [5, 5.41) is 9.87. The summed E-state index contributed by atoms with van der Waals surface area (Å²) in [4.78, 5) is 17.0. The number of amides is 1. The average Bonchev–Trinajstić information content (AvgIpc) is 3.27. The molecule has 0 spiro atoms. The number of nitrogens with one attached hydrogen (secondary N) is 1. The number of hydrogen-bond donors (Lipinski definition) is 1. The van der Waals surface area contributed by atoms with E-state index in [2.05, 4.69) is 22.4 Å². The van der Waals surface area contributed by atoms with Gasteiger partial charge in [-0.25, -0.2) is 14.1 Å². The first-order chi connectivity index (χ1) is 17.2. The summed E-state index contributed by atoms with van der Waals surface area (Å²) in [5.74, 6) is 0.0411. The number of hydrogen-bond acceptors (Lipinski definition) is 5. The van der Waals surface area contributed by atoms with E-state index in [-0.39, 0.29) is 18.2 Å². The maximum absolute atomic E-state index is 14.4. The maximum Gasteiger partial charge on any atom is 0.262 e. The number of nitrogens with zero attached hydrogens (tertiary/aromatic N) is 3. The second-order valence-electron chi connectivity index (χ2n) is 8.38. The number of aryl methyl sites for hydroxylation is 1. The molecule has 1 aliphatic heterocycles. The minimum atomic E-state index is -0.390. The Bertz CT molecular complexity index is 1550. The van der Waals surface area contributed by atoms with Crippen molar-refractivity contribution in [3.8, 4) is 17.0 Å². The molecule has 1 amide bonds. The number of anilines is 1.